The minimum Gasteiger partial charge on any atom is -0.399 e. The summed E-state index contributed by atoms with van der Waals surface area (Å²) in [5.74, 6) is -3.53. The summed E-state index contributed by atoms with van der Waals surface area (Å²) in [6, 6.07) is 4.10. The highest BCUT2D eigenvalue weighted by atomic mass is 19.4. The van der Waals surface area contributed by atoms with Gasteiger partial charge in [-0.3, -0.25) is 0 Å². The van der Waals surface area contributed by atoms with Crippen LogP contribution in [0.3, 0.4) is 0 Å². The Kier molecular flexibility index (Phi) is 3.94. The first-order valence-corrected chi connectivity index (χ1v) is 7.47. The van der Waals surface area contributed by atoms with Crippen LogP contribution in [0.25, 0.3) is 10.8 Å². The van der Waals surface area contributed by atoms with E-state index in [0.29, 0.717) is 5.92 Å². The van der Waals surface area contributed by atoms with Gasteiger partial charge in [0.2, 0.25) is 5.75 Å². The summed E-state index contributed by atoms with van der Waals surface area (Å²) in [4.78, 5) is 0. The van der Waals surface area contributed by atoms with Crippen LogP contribution < -0.4 is 4.74 Å². The fraction of sp³-hybridized carbons (Fsp3) is 0.412. The Morgan fingerprint density at radius 2 is 1.87 bits per heavy atom. The molecule has 0 fully saturated rings. The minimum atomic E-state index is -5.14. The zero-order chi connectivity index (χ0) is 16.8. The molecule has 0 saturated carbocycles. The van der Waals surface area contributed by atoms with Crippen molar-refractivity contribution in [2.75, 3.05) is 0 Å². The highest BCUT2D eigenvalue weighted by molar-refractivity contribution is 5.86. The number of halogens is 5. The lowest BCUT2D eigenvalue weighted by atomic mass is 9.81. The van der Waals surface area contributed by atoms with Crippen molar-refractivity contribution in [1.29, 1.82) is 0 Å². The Morgan fingerprint density at radius 1 is 1.13 bits per heavy atom. The van der Waals surface area contributed by atoms with Crippen LogP contribution in [0.1, 0.15) is 30.9 Å². The molecule has 1 atom stereocenters. The van der Waals surface area contributed by atoms with E-state index in [1.54, 1.807) is 6.07 Å². The summed E-state index contributed by atoms with van der Waals surface area (Å²) in [5.41, 5.74) is 1.92. The highest BCUT2D eigenvalue weighted by Crippen LogP contribution is 2.37. The maximum absolute atomic E-state index is 14.3. The van der Waals surface area contributed by atoms with Crippen molar-refractivity contribution in [3.63, 3.8) is 0 Å². The molecule has 0 aromatic heterocycles. The molecule has 1 aliphatic carbocycles. The number of ether oxygens (including phenoxy) is 1. The largest absolute Gasteiger partial charge is 0.573 e. The molecule has 0 bridgehead atoms. The van der Waals surface area contributed by atoms with E-state index in [4.69, 9.17) is 0 Å². The molecule has 0 saturated heterocycles. The fourth-order valence-corrected chi connectivity index (χ4v) is 3.20. The van der Waals surface area contributed by atoms with Crippen LogP contribution in [0.5, 0.6) is 5.75 Å². The van der Waals surface area contributed by atoms with Gasteiger partial charge in [0.1, 0.15) is 0 Å². The highest BCUT2D eigenvalue weighted by Gasteiger charge is 2.34. The van der Waals surface area contributed by atoms with E-state index >= 15 is 0 Å². The van der Waals surface area contributed by atoms with Gasteiger partial charge in [-0.2, -0.15) is 0 Å². The van der Waals surface area contributed by atoms with Gasteiger partial charge in [-0.25, -0.2) is 8.78 Å². The van der Waals surface area contributed by atoms with Crippen LogP contribution in [-0.2, 0) is 12.8 Å². The summed E-state index contributed by atoms with van der Waals surface area (Å²) < 4.78 is 68.5. The number of alkyl halides is 3. The molecule has 124 valence electrons. The molecule has 0 heterocycles. The first kappa shape index (κ1) is 16.0. The Labute approximate surface area is 130 Å². The number of aryl methyl sites for hydroxylation is 1. The third kappa shape index (κ3) is 3.12. The summed E-state index contributed by atoms with van der Waals surface area (Å²) in [6.07, 6.45) is -1.58. The number of hydrogen-bond acceptors (Lipinski definition) is 1. The molecule has 23 heavy (non-hydrogen) atoms. The van der Waals surface area contributed by atoms with Gasteiger partial charge in [-0.05, 0) is 53.8 Å². The third-order valence-electron chi connectivity index (χ3n) is 4.43. The van der Waals surface area contributed by atoms with E-state index in [0.717, 1.165) is 42.9 Å². The van der Waals surface area contributed by atoms with Crippen molar-refractivity contribution in [1.82, 2.24) is 0 Å². The quantitative estimate of drug-likeness (QED) is 0.658. The monoisotopic (exact) mass is 330 g/mol. The molecular weight excluding hydrogens is 315 g/mol. The van der Waals surface area contributed by atoms with Crippen LogP contribution in [0.4, 0.5) is 22.0 Å². The Bertz CT molecular complexity index is 751. The molecule has 6 heteroatoms. The molecular formula is C17H15F5O. The van der Waals surface area contributed by atoms with Gasteiger partial charge >= 0.3 is 6.36 Å². The predicted octanol–water partition coefficient (Wildman–Crippen LogP) is 5.53. The fourth-order valence-electron chi connectivity index (χ4n) is 3.20. The molecule has 0 radical (unpaired) electrons. The van der Waals surface area contributed by atoms with Crippen LogP contribution in [-0.4, -0.2) is 6.36 Å². The lowest BCUT2D eigenvalue weighted by Gasteiger charge is -2.24. The van der Waals surface area contributed by atoms with Crippen molar-refractivity contribution in [2.45, 2.75) is 39.0 Å². The second-order valence-corrected chi connectivity index (χ2v) is 5.91. The summed E-state index contributed by atoms with van der Waals surface area (Å²) in [5, 5.41) is 0.212. The second kappa shape index (κ2) is 5.65. The van der Waals surface area contributed by atoms with E-state index in [-0.39, 0.29) is 10.8 Å². The topological polar surface area (TPSA) is 9.23 Å². The molecule has 1 unspecified atom stereocenters. The smallest absolute Gasteiger partial charge is 0.399 e. The Morgan fingerprint density at radius 3 is 2.52 bits per heavy atom. The Hall–Kier alpha value is -1.85. The molecule has 0 N–H and O–H groups in total. The average molecular weight is 330 g/mol. The van der Waals surface area contributed by atoms with Gasteiger partial charge in [-0.1, -0.05) is 19.4 Å². The van der Waals surface area contributed by atoms with Gasteiger partial charge in [-0.15, -0.1) is 13.2 Å². The molecule has 0 spiro atoms. The average Bonchev–Trinajstić information content (AvgIpc) is 2.48. The number of rotatable bonds is 2. The van der Waals surface area contributed by atoms with Crippen molar-refractivity contribution in [2.24, 2.45) is 5.92 Å². The van der Waals surface area contributed by atoms with E-state index in [1.807, 2.05) is 0 Å². The lowest BCUT2D eigenvalue weighted by Crippen LogP contribution is -2.19. The SMILES string of the molecule is CCC1CCc2cc3c(F)c(OC(F)(F)F)c(F)cc3cc2C1. The zero-order valence-electron chi connectivity index (χ0n) is 12.4. The molecule has 3 rings (SSSR count). The molecule has 2 aromatic carbocycles. The first-order chi connectivity index (χ1) is 10.8. The van der Waals surface area contributed by atoms with Gasteiger partial charge in [0.15, 0.2) is 11.6 Å². The third-order valence-corrected chi connectivity index (χ3v) is 4.43. The molecule has 0 amide bonds. The number of hydrogen-bond donors (Lipinski definition) is 0. The zero-order valence-corrected chi connectivity index (χ0v) is 12.4. The molecule has 1 nitrogen and oxygen atoms in total. The van der Waals surface area contributed by atoms with Gasteiger partial charge < -0.3 is 4.74 Å². The van der Waals surface area contributed by atoms with Crippen molar-refractivity contribution in [3.05, 3.63) is 41.0 Å². The van der Waals surface area contributed by atoms with Gasteiger partial charge in [0.25, 0.3) is 0 Å². The number of benzene rings is 2. The van der Waals surface area contributed by atoms with Crippen molar-refractivity contribution < 1.29 is 26.7 Å². The van der Waals surface area contributed by atoms with Crippen molar-refractivity contribution in [3.8, 4) is 5.75 Å². The second-order valence-electron chi connectivity index (χ2n) is 5.91. The first-order valence-electron chi connectivity index (χ1n) is 7.47. The molecule has 2 aromatic rings. The normalized spacial score (nSPS) is 18.1. The summed E-state index contributed by atoms with van der Waals surface area (Å²) >= 11 is 0. The van der Waals surface area contributed by atoms with Crippen LogP contribution in [0, 0.1) is 17.6 Å². The standard InChI is InChI=1S/C17H15F5O/c1-2-9-3-4-10-7-13-12(6-11(10)5-9)8-14(18)16(15(13)19)23-17(20,21)22/h6-9H,2-5H2,1H3. The van der Waals surface area contributed by atoms with Gasteiger partial charge in [0, 0.05) is 5.39 Å². The molecule has 0 aliphatic heterocycles. The van der Waals surface area contributed by atoms with Crippen LogP contribution in [0.2, 0.25) is 0 Å². The van der Waals surface area contributed by atoms with E-state index in [2.05, 4.69) is 11.7 Å². The van der Waals surface area contributed by atoms with Crippen molar-refractivity contribution >= 4 is 10.8 Å². The lowest BCUT2D eigenvalue weighted by molar-refractivity contribution is -0.276. The van der Waals surface area contributed by atoms with Gasteiger partial charge in [0.05, 0.1) is 0 Å². The Balaban J connectivity index is 2.12. The van der Waals surface area contributed by atoms with Crippen LogP contribution >= 0.6 is 0 Å². The predicted molar refractivity (Wildman–Crippen MR) is 76.4 cm³/mol. The van der Waals surface area contributed by atoms with E-state index in [1.165, 1.54) is 6.07 Å². The van der Waals surface area contributed by atoms with E-state index in [9.17, 15) is 22.0 Å². The number of fused-ring (bicyclic) bond motifs is 2. The van der Waals surface area contributed by atoms with Crippen LogP contribution in [0.15, 0.2) is 18.2 Å². The summed E-state index contributed by atoms with van der Waals surface area (Å²) in [7, 11) is 0. The molecule has 1 aliphatic rings. The summed E-state index contributed by atoms with van der Waals surface area (Å²) in [6.45, 7) is 2.09. The maximum Gasteiger partial charge on any atom is 0.573 e. The van der Waals surface area contributed by atoms with E-state index < -0.39 is 23.7 Å². The maximum atomic E-state index is 14.3. The minimum absolute atomic E-state index is 0.0423.